The predicted molar refractivity (Wildman–Crippen MR) is 121 cm³/mol. The van der Waals surface area contributed by atoms with Gasteiger partial charge in [0.25, 0.3) is 0 Å². The second kappa shape index (κ2) is 8.18. The van der Waals surface area contributed by atoms with Gasteiger partial charge in [-0.1, -0.05) is 34.1 Å². The number of fused-ring (bicyclic) bond motifs is 5. The SMILES string of the molecule is CC[C@@H]1C2C[C@H](O)CCC2(C)C2CCC3(C)C(C(C)CCC(C)=O)CCC3C2[C@H]1O. The second-order valence-corrected chi connectivity index (χ2v) is 12.3. The fourth-order valence-electron chi connectivity index (χ4n) is 9.56. The molecule has 0 aliphatic heterocycles. The molecule has 0 amide bonds. The van der Waals surface area contributed by atoms with Crippen molar-refractivity contribution in [2.45, 2.75) is 111 Å². The van der Waals surface area contributed by atoms with E-state index in [9.17, 15) is 15.0 Å². The van der Waals surface area contributed by atoms with E-state index < -0.39 is 0 Å². The lowest BCUT2D eigenvalue weighted by atomic mass is 9.41. The van der Waals surface area contributed by atoms with Gasteiger partial charge in [-0.2, -0.15) is 0 Å². The van der Waals surface area contributed by atoms with Crippen LogP contribution in [0.2, 0.25) is 0 Å². The zero-order valence-electron chi connectivity index (χ0n) is 20.1. The molecule has 0 heterocycles. The van der Waals surface area contributed by atoms with Gasteiger partial charge >= 0.3 is 0 Å². The van der Waals surface area contributed by atoms with Crippen LogP contribution in [0.3, 0.4) is 0 Å². The maximum Gasteiger partial charge on any atom is 0.129 e. The highest BCUT2D eigenvalue weighted by molar-refractivity contribution is 5.75. The van der Waals surface area contributed by atoms with Crippen LogP contribution in [0.4, 0.5) is 0 Å². The average molecular weight is 419 g/mol. The third-order valence-electron chi connectivity index (χ3n) is 11.1. The molecule has 4 aliphatic rings. The molecular weight excluding hydrogens is 372 g/mol. The maximum absolute atomic E-state index is 11.7. The zero-order chi connectivity index (χ0) is 21.8. The summed E-state index contributed by atoms with van der Waals surface area (Å²) in [4.78, 5) is 11.6. The Kier molecular flexibility index (Phi) is 6.21. The van der Waals surface area contributed by atoms with Gasteiger partial charge in [0, 0.05) is 6.42 Å². The third kappa shape index (κ3) is 3.41. The highest BCUT2D eigenvalue weighted by Gasteiger charge is 2.64. The van der Waals surface area contributed by atoms with Gasteiger partial charge in [0.2, 0.25) is 0 Å². The Balaban J connectivity index is 1.61. The van der Waals surface area contributed by atoms with Crippen LogP contribution in [-0.4, -0.2) is 28.2 Å². The zero-order valence-corrected chi connectivity index (χ0v) is 20.1. The molecule has 8 unspecified atom stereocenters. The smallest absolute Gasteiger partial charge is 0.129 e. The van der Waals surface area contributed by atoms with E-state index in [0.29, 0.717) is 59.0 Å². The number of ketones is 1. The van der Waals surface area contributed by atoms with E-state index in [0.717, 1.165) is 32.1 Å². The Morgan fingerprint density at radius 1 is 1.00 bits per heavy atom. The van der Waals surface area contributed by atoms with Gasteiger partial charge in [-0.3, -0.25) is 0 Å². The van der Waals surface area contributed by atoms with Gasteiger partial charge in [0.1, 0.15) is 5.78 Å². The summed E-state index contributed by atoms with van der Waals surface area (Å²) in [6, 6.07) is 0. The first-order valence-electron chi connectivity index (χ1n) is 13.0. The lowest BCUT2D eigenvalue weighted by Crippen LogP contribution is -2.62. The topological polar surface area (TPSA) is 57.5 Å². The largest absolute Gasteiger partial charge is 0.393 e. The minimum atomic E-state index is -0.209. The number of Topliss-reactive ketones (excluding diaryl/α,β-unsaturated/α-hetero) is 1. The number of hydrogen-bond donors (Lipinski definition) is 2. The molecule has 3 heteroatoms. The van der Waals surface area contributed by atoms with E-state index in [1.165, 1.54) is 25.7 Å². The van der Waals surface area contributed by atoms with Crippen molar-refractivity contribution in [1.82, 2.24) is 0 Å². The minimum Gasteiger partial charge on any atom is -0.393 e. The minimum absolute atomic E-state index is 0.173. The molecular formula is C27H46O3. The van der Waals surface area contributed by atoms with Gasteiger partial charge in [-0.05, 0) is 111 Å². The monoisotopic (exact) mass is 418 g/mol. The first-order valence-corrected chi connectivity index (χ1v) is 13.0. The summed E-state index contributed by atoms with van der Waals surface area (Å²) >= 11 is 0. The van der Waals surface area contributed by atoms with Crippen LogP contribution in [0.5, 0.6) is 0 Å². The molecule has 2 N–H and O–H groups in total. The third-order valence-corrected chi connectivity index (χ3v) is 11.1. The summed E-state index contributed by atoms with van der Waals surface area (Å²) in [5.74, 6) is 4.06. The van der Waals surface area contributed by atoms with Crippen LogP contribution in [0.1, 0.15) is 98.8 Å². The lowest BCUT2D eigenvalue weighted by Gasteiger charge is -2.64. The number of hydrogen-bond acceptors (Lipinski definition) is 3. The van der Waals surface area contributed by atoms with E-state index in [1.54, 1.807) is 6.92 Å². The molecule has 0 aromatic carbocycles. The van der Waals surface area contributed by atoms with Crippen molar-refractivity contribution < 1.29 is 15.0 Å². The molecule has 30 heavy (non-hydrogen) atoms. The highest BCUT2D eigenvalue weighted by Crippen LogP contribution is 2.69. The maximum atomic E-state index is 11.7. The van der Waals surface area contributed by atoms with Crippen molar-refractivity contribution in [3.8, 4) is 0 Å². The molecule has 4 rings (SSSR count). The van der Waals surface area contributed by atoms with Crippen molar-refractivity contribution in [2.75, 3.05) is 0 Å². The fourth-order valence-corrected chi connectivity index (χ4v) is 9.56. The molecule has 0 saturated heterocycles. The van der Waals surface area contributed by atoms with E-state index in [-0.39, 0.29) is 17.6 Å². The van der Waals surface area contributed by atoms with E-state index in [4.69, 9.17) is 0 Å². The first kappa shape index (κ1) is 22.8. The normalized spacial score (nSPS) is 51.6. The lowest BCUT2D eigenvalue weighted by molar-refractivity contribution is -0.203. The van der Waals surface area contributed by atoms with Crippen molar-refractivity contribution in [3.05, 3.63) is 0 Å². The van der Waals surface area contributed by atoms with Gasteiger partial charge in [0.05, 0.1) is 12.2 Å². The summed E-state index contributed by atoms with van der Waals surface area (Å²) < 4.78 is 0. The number of aliphatic hydroxyl groups excluding tert-OH is 2. The van der Waals surface area contributed by atoms with Crippen molar-refractivity contribution in [3.63, 3.8) is 0 Å². The van der Waals surface area contributed by atoms with Crippen LogP contribution in [0.15, 0.2) is 0 Å². The fraction of sp³-hybridized carbons (Fsp3) is 0.963. The Labute approximate surface area is 184 Å². The molecule has 3 nitrogen and oxygen atoms in total. The van der Waals surface area contributed by atoms with Crippen LogP contribution < -0.4 is 0 Å². The van der Waals surface area contributed by atoms with Crippen LogP contribution >= 0.6 is 0 Å². The van der Waals surface area contributed by atoms with Crippen molar-refractivity contribution >= 4 is 5.78 Å². The molecule has 0 aromatic rings. The van der Waals surface area contributed by atoms with Crippen LogP contribution in [-0.2, 0) is 4.79 Å². The molecule has 0 radical (unpaired) electrons. The molecule has 172 valence electrons. The number of aliphatic hydroxyl groups is 2. The molecule has 0 bridgehead atoms. The molecule has 4 aliphatic carbocycles. The molecule has 0 spiro atoms. The summed E-state index contributed by atoms with van der Waals surface area (Å²) in [6.07, 6.45) is 10.4. The second-order valence-electron chi connectivity index (χ2n) is 12.3. The Hall–Kier alpha value is -0.410. The van der Waals surface area contributed by atoms with Crippen LogP contribution in [0, 0.1) is 52.3 Å². The quantitative estimate of drug-likeness (QED) is 0.609. The van der Waals surface area contributed by atoms with Gasteiger partial charge in [-0.25, -0.2) is 0 Å². The van der Waals surface area contributed by atoms with E-state index in [2.05, 4.69) is 27.7 Å². The van der Waals surface area contributed by atoms with Gasteiger partial charge in [-0.15, -0.1) is 0 Å². The number of rotatable bonds is 5. The number of carbonyl (C=O) groups excluding carboxylic acids is 1. The predicted octanol–water partition coefficient (Wildman–Crippen LogP) is 5.62. The van der Waals surface area contributed by atoms with Gasteiger partial charge in [0.15, 0.2) is 0 Å². The van der Waals surface area contributed by atoms with Crippen molar-refractivity contribution in [1.29, 1.82) is 0 Å². The summed E-state index contributed by atoms with van der Waals surface area (Å²) in [5, 5.41) is 22.2. The standard InChI is InChI=1S/C27H46O3/c1-6-19-23-15-18(29)11-13-27(23,5)22-12-14-26(4)20(16(2)7-8-17(3)28)9-10-21(26)24(22)25(19)30/h16,18-25,29-30H,6-15H2,1-5H3/t16?,18-,19-,20?,21?,22?,23?,24?,25+,26?,27?/m1/s1. The Bertz CT molecular complexity index is 646. The average Bonchev–Trinajstić information content (AvgIpc) is 3.05. The molecule has 4 saturated carbocycles. The summed E-state index contributed by atoms with van der Waals surface area (Å²) in [6.45, 7) is 11.4. The summed E-state index contributed by atoms with van der Waals surface area (Å²) in [5.41, 5.74) is 0.595. The number of carbonyl (C=O) groups is 1. The van der Waals surface area contributed by atoms with Gasteiger partial charge < -0.3 is 15.0 Å². The Morgan fingerprint density at radius 2 is 1.67 bits per heavy atom. The van der Waals surface area contributed by atoms with E-state index >= 15 is 0 Å². The van der Waals surface area contributed by atoms with Crippen LogP contribution in [0.25, 0.3) is 0 Å². The van der Waals surface area contributed by atoms with E-state index in [1.807, 2.05) is 0 Å². The summed E-state index contributed by atoms with van der Waals surface area (Å²) in [7, 11) is 0. The molecule has 4 fully saturated rings. The molecule has 0 aromatic heterocycles. The first-order chi connectivity index (χ1) is 14.1. The van der Waals surface area contributed by atoms with Crippen molar-refractivity contribution in [2.24, 2.45) is 52.3 Å². The molecule has 11 atom stereocenters. The highest BCUT2D eigenvalue weighted by atomic mass is 16.3. The Morgan fingerprint density at radius 3 is 2.33 bits per heavy atom.